The second-order valence-electron chi connectivity index (χ2n) is 7.86. The number of esters is 2. The molecule has 0 saturated carbocycles. The lowest BCUT2D eigenvalue weighted by Crippen LogP contribution is -2.20. The van der Waals surface area contributed by atoms with Gasteiger partial charge in [-0.3, -0.25) is 19.2 Å². The van der Waals surface area contributed by atoms with E-state index in [0.29, 0.717) is 30.9 Å². The van der Waals surface area contributed by atoms with E-state index in [0.717, 1.165) is 16.9 Å². The van der Waals surface area contributed by atoms with Crippen molar-refractivity contribution in [3.05, 3.63) is 53.6 Å². The van der Waals surface area contributed by atoms with E-state index in [1.54, 1.807) is 25.3 Å². The Morgan fingerprint density at radius 2 is 1.39 bits per heavy atom. The minimum atomic E-state index is -0.462. The molecule has 3 N–H and O–H groups in total. The van der Waals surface area contributed by atoms with Crippen LogP contribution < -0.4 is 20.7 Å². The van der Waals surface area contributed by atoms with Crippen LogP contribution >= 0.6 is 0 Å². The number of benzene rings is 2. The number of rotatable bonds is 14. The SMILES string of the molecule is COC(=O)CCC(=O)Nc1ccc(NC(=O)CCC(=O)OC)c(CCNCc2ccccc2OC)c1. The predicted octanol–water partition coefficient (Wildman–Crippen LogP) is 2.81. The fourth-order valence-electron chi connectivity index (χ4n) is 3.37. The number of amides is 2. The van der Waals surface area contributed by atoms with Crippen molar-refractivity contribution in [1.29, 1.82) is 0 Å². The molecule has 10 nitrogen and oxygen atoms in total. The van der Waals surface area contributed by atoms with Crippen molar-refractivity contribution in [3.63, 3.8) is 0 Å². The zero-order valence-electron chi connectivity index (χ0n) is 20.8. The van der Waals surface area contributed by atoms with Crippen LogP contribution in [0.3, 0.4) is 0 Å². The van der Waals surface area contributed by atoms with Crippen molar-refractivity contribution in [3.8, 4) is 5.75 Å². The molecule has 2 rings (SSSR count). The zero-order chi connectivity index (χ0) is 26.3. The highest BCUT2D eigenvalue weighted by molar-refractivity contribution is 5.95. The molecule has 10 heteroatoms. The molecule has 0 aliphatic rings. The monoisotopic (exact) mass is 499 g/mol. The smallest absolute Gasteiger partial charge is 0.306 e. The third-order valence-corrected chi connectivity index (χ3v) is 5.31. The van der Waals surface area contributed by atoms with Gasteiger partial charge in [-0.2, -0.15) is 0 Å². The molecule has 0 aromatic heterocycles. The fourth-order valence-corrected chi connectivity index (χ4v) is 3.37. The normalized spacial score (nSPS) is 10.3. The lowest BCUT2D eigenvalue weighted by atomic mass is 10.1. The van der Waals surface area contributed by atoms with Crippen LogP contribution in [-0.4, -0.2) is 51.6 Å². The number of methoxy groups -OCH3 is 3. The first kappa shape index (κ1) is 28.3. The van der Waals surface area contributed by atoms with Crippen molar-refractivity contribution in [2.24, 2.45) is 0 Å². The molecule has 0 unspecified atom stereocenters. The van der Waals surface area contributed by atoms with Gasteiger partial charge >= 0.3 is 11.9 Å². The molecule has 0 bridgehead atoms. The molecule has 0 atom stereocenters. The Morgan fingerprint density at radius 1 is 0.750 bits per heavy atom. The van der Waals surface area contributed by atoms with Gasteiger partial charge in [-0.1, -0.05) is 18.2 Å². The van der Waals surface area contributed by atoms with Crippen molar-refractivity contribution in [2.45, 2.75) is 38.6 Å². The molecular weight excluding hydrogens is 466 g/mol. The van der Waals surface area contributed by atoms with E-state index in [2.05, 4.69) is 25.4 Å². The van der Waals surface area contributed by atoms with Gasteiger partial charge in [0.05, 0.1) is 34.2 Å². The highest BCUT2D eigenvalue weighted by Gasteiger charge is 2.13. The molecule has 194 valence electrons. The third-order valence-electron chi connectivity index (χ3n) is 5.31. The van der Waals surface area contributed by atoms with E-state index in [9.17, 15) is 19.2 Å². The average Bonchev–Trinajstić information content (AvgIpc) is 2.89. The van der Waals surface area contributed by atoms with Gasteiger partial charge in [-0.25, -0.2) is 0 Å². The summed E-state index contributed by atoms with van der Waals surface area (Å²) in [6, 6.07) is 12.8. The number of hydrogen-bond donors (Lipinski definition) is 3. The summed E-state index contributed by atoms with van der Waals surface area (Å²) in [4.78, 5) is 47.2. The molecule has 0 radical (unpaired) electrons. The van der Waals surface area contributed by atoms with Gasteiger partial charge in [0.25, 0.3) is 0 Å². The Bertz CT molecular complexity index is 1060. The first-order valence-corrected chi connectivity index (χ1v) is 11.5. The molecule has 2 amide bonds. The van der Waals surface area contributed by atoms with E-state index >= 15 is 0 Å². The number of nitrogens with one attached hydrogen (secondary N) is 3. The zero-order valence-corrected chi connectivity index (χ0v) is 20.8. The molecular formula is C26H33N3O7. The molecule has 0 spiro atoms. The van der Waals surface area contributed by atoms with Crippen molar-refractivity contribution in [2.75, 3.05) is 38.5 Å². The van der Waals surface area contributed by atoms with Gasteiger partial charge in [0.2, 0.25) is 11.8 Å². The predicted molar refractivity (Wildman–Crippen MR) is 135 cm³/mol. The van der Waals surface area contributed by atoms with Crippen LogP contribution in [0, 0.1) is 0 Å². The third kappa shape index (κ3) is 9.75. The van der Waals surface area contributed by atoms with Crippen molar-refractivity contribution >= 4 is 35.1 Å². The van der Waals surface area contributed by atoms with Gasteiger partial charge in [0.1, 0.15) is 5.75 Å². The van der Waals surface area contributed by atoms with Gasteiger partial charge in [-0.15, -0.1) is 0 Å². The summed E-state index contributed by atoms with van der Waals surface area (Å²) >= 11 is 0. The minimum absolute atomic E-state index is 0.00547. The van der Waals surface area contributed by atoms with Crippen LogP contribution in [0.2, 0.25) is 0 Å². The van der Waals surface area contributed by atoms with Gasteiger partial charge in [0.15, 0.2) is 0 Å². The molecule has 36 heavy (non-hydrogen) atoms. The van der Waals surface area contributed by atoms with Crippen LogP contribution in [0.5, 0.6) is 5.75 Å². The van der Waals surface area contributed by atoms with E-state index in [-0.39, 0.29) is 37.5 Å². The number of para-hydroxylation sites is 1. The summed E-state index contributed by atoms with van der Waals surface area (Å²) in [7, 11) is 4.17. The Labute approximate surface area is 210 Å². The van der Waals surface area contributed by atoms with E-state index in [4.69, 9.17) is 4.74 Å². The quantitative estimate of drug-likeness (QED) is 0.267. The standard InChI is InChI=1S/C26H33N3O7/c1-34-22-7-5-4-6-19(22)17-27-15-14-18-16-20(28-23(30)10-12-25(32)35-2)8-9-21(18)29-24(31)11-13-26(33)36-3/h4-9,16,27H,10-15,17H2,1-3H3,(H,28,30)(H,29,31). The lowest BCUT2D eigenvalue weighted by molar-refractivity contribution is -0.142. The average molecular weight is 500 g/mol. The summed E-state index contributed by atoms with van der Waals surface area (Å²) in [6.07, 6.45) is 0.495. The highest BCUT2D eigenvalue weighted by atomic mass is 16.5. The molecule has 2 aromatic carbocycles. The maximum Gasteiger partial charge on any atom is 0.306 e. The molecule has 0 aliphatic heterocycles. The van der Waals surface area contributed by atoms with Crippen LogP contribution in [0.25, 0.3) is 0 Å². The van der Waals surface area contributed by atoms with E-state index in [1.807, 2.05) is 24.3 Å². The Kier molecular flexibility index (Phi) is 11.9. The van der Waals surface area contributed by atoms with Crippen LogP contribution in [0.1, 0.15) is 36.8 Å². The van der Waals surface area contributed by atoms with E-state index in [1.165, 1.54) is 14.2 Å². The summed E-state index contributed by atoms with van der Waals surface area (Å²) in [5.74, 6) is -0.776. The van der Waals surface area contributed by atoms with Gasteiger partial charge < -0.3 is 30.2 Å². The Morgan fingerprint density at radius 3 is 2.03 bits per heavy atom. The minimum Gasteiger partial charge on any atom is -0.496 e. The second kappa shape index (κ2) is 15.2. The summed E-state index contributed by atoms with van der Waals surface area (Å²) in [5, 5.41) is 8.95. The number of ether oxygens (including phenoxy) is 3. The van der Waals surface area contributed by atoms with Crippen LogP contribution in [0.4, 0.5) is 11.4 Å². The van der Waals surface area contributed by atoms with Crippen molar-refractivity contribution < 1.29 is 33.4 Å². The number of anilines is 2. The summed E-state index contributed by atoms with van der Waals surface area (Å²) in [5.41, 5.74) is 2.93. The maximum absolute atomic E-state index is 12.3. The molecule has 2 aromatic rings. The Hall–Kier alpha value is -3.92. The van der Waals surface area contributed by atoms with Crippen LogP contribution in [0.15, 0.2) is 42.5 Å². The number of carbonyl (C=O) groups is 4. The largest absolute Gasteiger partial charge is 0.496 e. The highest BCUT2D eigenvalue weighted by Crippen LogP contribution is 2.22. The topological polar surface area (TPSA) is 132 Å². The second-order valence-corrected chi connectivity index (χ2v) is 7.86. The lowest BCUT2D eigenvalue weighted by Gasteiger charge is -2.15. The fraction of sp³-hybridized carbons (Fsp3) is 0.385. The molecule has 0 fully saturated rings. The maximum atomic E-state index is 12.3. The van der Waals surface area contributed by atoms with Crippen molar-refractivity contribution in [1.82, 2.24) is 5.32 Å². The molecule has 0 aliphatic carbocycles. The first-order chi connectivity index (χ1) is 17.4. The Balaban J connectivity index is 2.06. The first-order valence-electron chi connectivity index (χ1n) is 11.5. The van der Waals surface area contributed by atoms with E-state index < -0.39 is 11.9 Å². The van der Waals surface area contributed by atoms with Gasteiger partial charge in [0, 0.05) is 36.3 Å². The molecule has 0 heterocycles. The number of hydrogen-bond acceptors (Lipinski definition) is 8. The molecule has 0 saturated heterocycles. The number of carbonyl (C=O) groups excluding carboxylic acids is 4. The summed E-state index contributed by atoms with van der Waals surface area (Å²) < 4.78 is 14.5. The van der Waals surface area contributed by atoms with Crippen LogP contribution in [-0.2, 0) is 41.6 Å². The summed E-state index contributed by atoms with van der Waals surface area (Å²) in [6.45, 7) is 1.18. The van der Waals surface area contributed by atoms with Gasteiger partial charge in [-0.05, 0) is 42.8 Å².